The van der Waals surface area contributed by atoms with Gasteiger partial charge in [0, 0.05) is 16.0 Å². The molecule has 3 aromatic carbocycles. The van der Waals surface area contributed by atoms with Gasteiger partial charge in [0.15, 0.2) is 5.13 Å². The Morgan fingerprint density at radius 1 is 0.933 bits per heavy atom. The van der Waals surface area contributed by atoms with Crippen LogP contribution in [-0.2, 0) is 6.42 Å². The average molecular weight is 417 g/mol. The van der Waals surface area contributed by atoms with Crippen molar-refractivity contribution in [3.05, 3.63) is 95.1 Å². The first kappa shape index (κ1) is 20.0. The Labute approximate surface area is 179 Å². The van der Waals surface area contributed by atoms with Gasteiger partial charge in [-0.25, -0.2) is 9.37 Å². The monoisotopic (exact) mass is 416 g/mol. The number of thiazole rings is 1. The largest absolute Gasteiger partial charge is 0.298 e. The number of halogens is 1. The lowest BCUT2D eigenvalue weighted by molar-refractivity contribution is 0.102. The van der Waals surface area contributed by atoms with Crippen molar-refractivity contribution < 1.29 is 9.18 Å². The average Bonchev–Trinajstić information content (AvgIpc) is 3.17. The molecule has 0 spiro atoms. The van der Waals surface area contributed by atoms with Crippen LogP contribution in [0.2, 0.25) is 0 Å². The summed E-state index contributed by atoms with van der Waals surface area (Å²) in [6.07, 6.45) is 1.86. The van der Waals surface area contributed by atoms with Crippen LogP contribution >= 0.6 is 11.3 Å². The number of aromatic nitrogens is 1. The molecule has 0 fully saturated rings. The van der Waals surface area contributed by atoms with Gasteiger partial charge < -0.3 is 0 Å². The molecule has 1 aromatic heterocycles. The highest BCUT2D eigenvalue weighted by atomic mass is 32.1. The van der Waals surface area contributed by atoms with Gasteiger partial charge in [0.05, 0.1) is 5.69 Å². The van der Waals surface area contributed by atoms with Crippen LogP contribution in [0.5, 0.6) is 0 Å². The number of carbonyl (C=O) groups is 1. The normalized spacial score (nSPS) is 10.7. The maximum Gasteiger partial charge on any atom is 0.257 e. The fourth-order valence-corrected chi connectivity index (χ4v) is 4.36. The van der Waals surface area contributed by atoms with Crippen molar-refractivity contribution in [2.45, 2.75) is 19.8 Å². The predicted molar refractivity (Wildman–Crippen MR) is 121 cm³/mol. The predicted octanol–water partition coefficient (Wildman–Crippen LogP) is 6.82. The smallest absolute Gasteiger partial charge is 0.257 e. The molecule has 0 aliphatic heterocycles. The van der Waals surface area contributed by atoms with E-state index in [9.17, 15) is 9.18 Å². The number of nitrogens with one attached hydrogen (secondary N) is 1. The number of carbonyl (C=O) groups excluding carboxylic acids is 1. The van der Waals surface area contributed by atoms with E-state index >= 15 is 0 Å². The maximum absolute atomic E-state index is 13.4. The molecule has 30 heavy (non-hydrogen) atoms. The third kappa shape index (κ3) is 4.47. The summed E-state index contributed by atoms with van der Waals surface area (Å²) in [7, 11) is 0. The van der Waals surface area contributed by atoms with Crippen LogP contribution in [0.3, 0.4) is 0 Å². The molecule has 0 atom stereocenters. The number of aryl methyl sites for hydroxylation is 1. The van der Waals surface area contributed by atoms with Crippen LogP contribution in [-0.4, -0.2) is 10.9 Å². The van der Waals surface area contributed by atoms with Crippen LogP contribution < -0.4 is 5.32 Å². The molecule has 5 heteroatoms. The Bertz CT molecular complexity index is 1150. The number of hydrogen-bond acceptors (Lipinski definition) is 3. The van der Waals surface area contributed by atoms with Crippen molar-refractivity contribution in [1.82, 2.24) is 4.98 Å². The second kappa shape index (κ2) is 9.01. The molecule has 0 saturated heterocycles. The quantitative estimate of drug-likeness (QED) is 0.375. The van der Waals surface area contributed by atoms with Gasteiger partial charge in [-0.1, -0.05) is 74.0 Å². The van der Waals surface area contributed by atoms with Crippen LogP contribution in [0.15, 0.2) is 78.9 Å². The fourth-order valence-electron chi connectivity index (χ4n) is 3.28. The summed E-state index contributed by atoms with van der Waals surface area (Å²) in [4.78, 5) is 18.3. The van der Waals surface area contributed by atoms with Crippen LogP contribution in [0, 0.1) is 5.82 Å². The Balaban J connectivity index is 1.60. The minimum atomic E-state index is -0.437. The van der Waals surface area contributed by atoms with Crippen molar-refractivity contribution in [2.24, 2.45) is 0 Å². The zero-order chi connectivity index (χ0) is 20.9. The molecule has 1 amide bonds. The fraction of sp³-hybridized carbons (Fsp3) is 0.120. The first-order valence-electron chi connectivity index (χ1n) is 9.86. The molecule has 150 valence electrons. The summed E-state index contributed by atoms with van der Waals surface area (Å²) in [5.41, 5.74) is 4.48. The highest BCUT2D eigenvalue weighted by molar-refractivity contribution is 7.16. The number of benzene rings is 3. The Kier molecular flexibility index (Phi) is 6.00. The zero-order valence-electron chi connectivity index (χ0n) is 16.6. The second-order valence-corrected chi connectivity index (χ2v) is 8.03. The van der Waals surface area contributed by atoms with Gasteiger partial charge in [-0.15, -0.1) is 11.3 Å². The van der Waals surface area contributed by atoms with Crippen molar-refractivity contribution in [3.63, 3.8) is 0 Å². The van der Waals surface area contributed by atoms with Crippen molar-refractivity contribution >= 4 is 22.4 Å². The highest BCUT2D eigenvalue weighted by Gasteiger charge is 2.15. The van der Waals surface area contributed by atoms with Gasteiger partial charge >= 0.3 is 0 Å². The zero-order valence-corrected chi connectivity index (χ0v) is 17.4. The van der Waals surface area contributed by atoms with Gasteiger partial charge in [0.25, 0.3) is 5.91 Å². The molecule has 1 N–H and O–H groups in total. The molecule has 4 rings (SSSR count). The third-order valence-corrected chi connectivity index (χ3v) is 5.78. The molecular formula is C25H21FN2OS. The van der Waals surface area contributed by atoms with Crippen molar-refractivity contribution in [2.75, 3.05) is 5.32 Å². The summed E-state index contributed by atoms with van der Waals surface area (Å²) in [5.74, 6) is -0.801. The first-order valence-corrected chi connectivity index (χ1v) is 10.7. The maximum atomic E-state index is 13.4. The molecule has 0 saturated carbocycles. The minimum absolute atomic E-state index is 0.274. The van der Waals surface area contributed by atoms with Gasteiger partial charge in [-0.3, -0.25) is 10.1 Å². The molecular weight excluding hydrogens is 395 g/mol. The van der Waals surface area contributed by atoms with E-state index in [4.69, 9.17) is 0 Å². The first-order chi connectivity index (χ1) is 14.6. The van der Waals surface area contributed by atoms with E-state index in [1.54, 1.807) is 6.07 Å². The summed E-state index contributed by atoms with van der Waals surface area (Å²) >= 11 is 1.47. The van der Waals surface area contributed by atoms with E-state index in [1.165, 1.54) is 35.1 Å². The number of nitrogens with zero attached hydrogens (tertiary/aromatic N) is 1. The standard InChI is InChI=1S/C25H21FN2OS/c1-2-7-22-23(19-14-12-18(13-15-19)17-8-4-3-5-9-17)27-25(30-22)28-24(29)20-10-6-11-21(26)16-20/h3-6,8-16H,2,7H2,1H3,(H,27,28,29). The number of anilines is 1. The molecule has 0 bridgehead atoms. The summed E-state index contributed by atoms with van der Waals surface area (Å²) in [6.45, 7) is 2.12. The Hall–Kier alpha value is -3.31. The van der Waals surface area contributed by atoms with Crippen molar-refractivity contribution in [3.8, 4) is 22.4 Å². The van der Waals surface area contributed by atoms with Gasteiger partial charge in [0.1, 0.15) is 5.82 Å². The van der Waals surface area contributed by atoms with Gasteiger partial charge in [-0.2, -0.15) is 0 Å². The summed E-state index contributed by atoms with van der Waals surface area (Å²) < 4.78 is 13.4. The van der Waals surface area contributed by atoms with Crippen LogP contribution in [0.25, 0.3) is 22.4 Å². The van der Waals surface area contributed by atoms with E-state index in [0.717, 1.165) is 34.5 Å². The summed E-state index contributed by atoms with van der Waals surface area (Å²) in [5, 5.41) is 3.34. The van der Waals surface area contributed by atoms with E-state index < -0.39 is 5.82 Å². The lowest BCUT2D eigenvalue weighted by atomic mass is 10.0. The van der Waals surface area contributed by atoms with Gasteiger partial charge in [-0.05, 0) is 35.7 Å². The number of rotatable bonds is 6. The summed E-state index contributed by atoms with van der Waals surface area (Å²) in [6, 6.07) is 24.2. The topological polar surface area (TPSA) is 42.0 Å². The molecule has 1 heterocycles. The highest BCUT2D eigenvalue weighted by Crippen LogP contribution is 2.33. The van der Waals surface area contributed by atoms with Crippen LogP contribution in [0.4, 0.5) is 9.52 Å². The Morgan fingerprint density at radius 2 is 1.63 bits per heavy atom. The number of amides is 1. The lowest BCUT2D eigenvalue weighted by Gasteiger charge is -2.05. The van der Waals surface area contributed by atoms with Crippen molar-refractivity contribution in [1.29, 1.82) is 0 Å². The lowest BCUT2D eigenvalue weighted by Crippen LogP contribution is -2.11. The van der Waals surface area contributed by atoms with E-state index in [1.807, 2.05) is 18.2 Å². The Morgan fingerprint density at radius 3 is 2.33 bits per heavy atom. The molecule has 4 aromatic rings. The molecule has 0 aliphatic rings. The molecule has 0 radical (unpaired) electrons. The second-order valence-electron chi connectivity index (χ2n) is 6.95. The molecule has 3 nitrogen and oxygen atoms in total. The SMILES string of the molecule is CCCc1sc(NC(=O)c2cccc(F)c2)nc1-c1ccc(-c2ccccc2)cc1. The van der Waals surface area contributed by atoms with E-state index in [0.29, 0.717) is 5.13 Å². The molecule has 0 aliphatic carbocycles. The van der Waals surface area contributed by atoms with E-state index in [-0.39, 0.29) is 11.5 Å². The molecule has 0 unspecified atom stereocenters. The van der Waals surface area contributed by atoms with Crippen LogP contribution in [0.1, 0.15) is 28.6 Å². The minimum Gasteiger partial charge on any atom is -0.298 e. The van der Waals surface area contributed by atoms with Gasteiger partial charge in [0.2, 0.25) is 0 Å². The van der Waals surface area contributed by atoms with E-state index in [2.05, 4.69) is 53.6 Å². The number of hydrogen-bond donors (Lipinski definition) is 1. The third-order valence-electron chi connectivity index (χ3n) is 4.75.